The van der Waals surface area contributed by atoms with Gasteiger partial charge in [-0.3, -0.25) is 4.90 Å². The molecule has 5 nitrogen and oxygen atoms in total. The van der Waals surface area contributed by atoms with Gasteiger partial charge in [0.2, 0.25) is 0 Å². The Morgan fingerprint density at radius 1 is 1.53 bits per heavy atom. The molecule has 0 bridgehead atoms. The van der Waals surface area contributed by atoms with Crippen molar-refractivity contribution in [2.24, 2.45) is 5.73 Å². The van der Waals surface area contributed by atoms with E-state index in [1.807, 2.05) is 27.7 Å². The second-order valence-electron chi connectivity index (χ2n) is 5.85. The minimum absolute atomic E-state index is 0.0380. The molecule has 0 aromatic carbocycles. The van der Waals surface area contributed by atoms with Gasteiger partial charge in [0.05, 0.1) is 18.2 Å². The second kappa shape index (κ2) is 4.82. The van der Waals surface area contributed by atoms with Gasteiger partial charge in [-0.2, -0.15) is 0 Å². The number of rotatable bonds is 2. The smallest absolute Gasteiger partial charge is 0.410 e. The molecule has 0 spiro atoms. The predicted octanol–water partition coefficient (Wildman–Crippen LogP) is 1.36. The SMILES string of the molecule is CO[C@@H]1CN(C(=O)OC(C)(C)C)[C@](C)(CN)C1. The van der Waals surface area contributed by atoms with E-state index in [0.717, 1.165) is 6.42 Å². The number of amides is 1. The van der Waals surface area contributed by atoms with E-state index >= 15 is 0 Å². The highest BCUT2D eigenvalue weighted by Gasteiger charge is 2.45. The first kappa shape index (κ1) is 14.3. The molecular weight excluding hydrogens is 220 g/mol. The number of likely N-dealkylation sites (tertiary alicyclic amines) is 1. The van der Waals surface area contributed by atoms with Crippen molar-refractivity contribution in [3.63, 3.8) is 0 Å². The lowest BCUT2D eigenvalue weighted by atomic mass is 9.99. The molecule has 0 aliphatic carbocycles. The van der Waals surface area contributed by atoms with Gasteiger partial charge in [-0.1, -0.05) is 0 Å². The number of hydrogen-bond acceptors (Lipinski definition) is 4. The molecule has 2 atom stereocenters. The molecule has 1 heterocycles. The Bertz CT molecular complexity index is 288. The summed E-state index contributed by atoms with van der Waals surface area (Å²) in [6.45, 7) is 8.48. The first-order valence-electron chi connectivity index (χ1n) is 5.95. The quantitative estimate of drug-likeness (QED) is 0.796. The van der Waals surface area contributed by atoms with Crippen molar-refractivity contribution < 1.29 is 14.3 Å². The van der Waals surface area contributed by atoms with Gasteiger partial charge in [0, 0.05) is 13.7 Å². The maximum atomic E-state index is 12.1. The second-order valence-corrected chi connectivity index (χ2v) is 5.85. The van der Waals surface area contributed by atoms with Gasteiger partial charge in [0.1, 0.15) is 5.60 Å². The Morgan fingerprint density at radius 3 is 2.53 bits per heavy atom. The lowest BCUT2D eigenvalue weighted by Crippen LogP contribution is -2.51. The lowest BCUT2D eigenvalue weighted by Gasteiger charge is -2.35. The molecule has 100 valence electrons. The van der Waals surface area contributed by atoms with Gasteiger partial charge < -0.3 is 15.2 Å². The summed E-state index contributed by atoms with van der Waals surface area (Å²) in [5.74, 6) is 0. The summed E-state index contributed by atoms with van der Waals surface area (Å²) < 4.78 is 10.7. The summed E-state index contributed by atoms with van der Waals surface area (Å²) >= 11 is 0. The number of hydrogen-bond donors (Lipinski definition) is 1. The summed E-state index contributed by atoms with van der Waals surface area (Å²) in [6.07, 6.45) is 0.472. The Labute approximate surface area is 103 Å². The number of methoxy groups -OCH3 is 1. The van der Waals surface area contributed by atoms with Crippen molar-refractivity contribution >= 4 is 6.09 Å². The fourth-order valence-electron chi connectivity index (χ4n) is 2.05. The molecule has 17 heavy (non-hydrogen) atoms. The van der Waals surface area contributed by atoms with Crippen molar-refractivity contribution in [1.82, 2.24) is 4.90 Å². The molecule has 1 amide bonds. The molecular formula is C12H24N2O3. The third-order valence-corrected chi connectivity index (χ3v) is 3.09. The van der Waals surface area contributed by atoms with Crippen LogP contribution < -0.4 is 5.73 Å². The molecule has 2 N–H and O–H groups in total. The molecule has 1 aliphatic heterocycles. The normalized spacial score (nSPS) is 29.5. The third kappa shape index (κ3) is 3.33. The number of carbonyl (C=O) groups excluding carboxylic acids is 1. The Hall–Kier alpha value is -0.810. The Kier molecular flexibility index (Phi) is 4.04. The van der Waals surface area contributed by atoms with Crippen molar-refractivity contribution in [3.05, 3.63) is 0 Å². The van der Waals surface area contributed by atoms with Crippen LogP contribution in [0.15, 0.2) is 0 Å². The zero-order valence-electron chi connectivity index (χ0n) is 11.4. The van der Waals surface area contributed by atoms with Gasteiger partial charge in [-0.15, -0.1) is 0 Å². The van der Waals surface area contributed by atoms with E-state index in [0.29, 0.717) is 13.1 Å². The zero-order chi connectivity index (χ0) is 13.3. The first-order valence-corrected chi connectivity index (χ1v) is 5.95. The first-order chi connectivity index (χ1) is 7.72. The topological polar surface area (TPSA) is 64.8 Å². The highest BCUT2D eigenvalue weighted by atomic mass is 16.6. The van der Waals surface area contributed by atoms with Crippen LogP contribution in [0.2, 0.25) is 0 Å². The zero-order valence-corrected chi connectivity index (χ0v) is 11.4. The summed E-state index contributed by atoms with van der Waals surface area (Å²) in [7, 11) is 1.65. The number of ether oxygens (including phenoxy) is 2. The summed E-state index contributed by atoms with van der Waals surface area (Å²) in [5, 5.41) is 0. The van der Waals surface area contributed by atoms with Gasteiger partial charge in [0.15, 0.2) is 0 Å². The van der Waals surface area contributed by atoms with Gasteiger partial charge in [-0.05, 0) is 34.1 Å². The molecule has 1 aliphatic rings. The summed E-state index contributed by atoms with van der Waals surface area (Å²) in [5.41, 5.74) is 4.91. The molecule has 0 aromatic heterocycles. The largest absolute Gasteiger partial charge is 0.444 e. The molecule has 0 unspecified atom stereocenters. The van der Waals surface area contributed by atoms with Crippen LogP contribution in [0.25, 0.3) is 0 Å². The van der Waals surface area contributed by atoms with E-state index in [1.165, 1.54) is 0 Å². The van der Waals surface area contributed by atoms with E-state index in [4.69, 9.17) is 15.2 Å². The van der Waals surface area contributed by atoms with Crippen LogP contribution >= 0.6 is 0 Å². The van der Waals surface area contributed by atoms with Crippen LogP contribution in [-0.2, 0) is 9.47 Å². The third-order valence-electron chi connectivity index (χ3n) is 3.09. The van der Waals surface area contributed by atoms with E-state index in [2.05, 4.69) is 0 Å². The van der Waals surface area contributed by atoms with Crippen LogP contribution in [0.3, 0.4) is 0 Å². The summed E-state index contributed by atoms with van der Waals surface area (Å²) in [6, 6.07) is 0. The van der Waals surface area contributed by atoms with Crippen LogP contribution in [0.1, 0.15) is 34.1 Å². The summed E-state index contributed by atoms with van der Waals surface area (Å²) in [4.78, 5) is 13.8. The van der Waals surface area contributed by atoms with Crippen molar-refractivity contribution in [3.8, 4) is 0 Å². The average molecular weight is 244 g/mol. The lowest BCUT2D eigenvalue weighted by molar-refractivity contribution is 0.0104. The van der Waals surface area contributed by atoms with E-state index in [1.54, 1.807) is 12.0 Å². The van der Waals surface area contributed by atoms with Crippen LogP contribution in [-0.4, -0.2) is 48.4 Å². The van der Waals surface area contributed by atoms with Crippen molar-refractivity contribution in [1.29, 1.82) is 0 Å². The molecule has 1 rings (SSSR count). The maximum absolute atomic E-state index is 12.1. The van der Waals surface area contributed by atoms with Crippen molar-refractivity contribution in [2.45, 2.75) is 51.4 Å². The molecule has 1 fully saturated rings. The number of nitrogens with zero attached hydrogens (tertiary/aromatic N) is 1. The fraction of sp³-hybridized carbons (Fsp3) is 0.917. The van der Waals surface area contributed by atoms with E-state index < -0.39 is 5.60 Å². The molecule has 0 aromatic rings. The molecule has 5 heteroatoms. The van der Waals surface area contributed by atoms with Gasteiger partial charge in [0.25, 0.3) is 0 Å². The molecule has 0 radical (unpaired) electrons. The monoisotopic (exact) mass is 244 g/mol. The highest BCUT2D eigenvalue weighted by Crippen LogP contribution is 2.31. The number of carbonyl (C=O) groups is 1. The minimum atomic E-state index is -0.488. The van der Waals surface area contributed by atoms with Crippen molar-refractivity contribution in [2.75, 3.05) is 20.2 Å². The predicted molar refractivity (Wildman–Crippen MR) is 65.8 cm³/mol. The molecule has 0 saturated carbocycles. The molecule has 1 saturated heterocycles. The fourth-order valence-corrected chi connectivity index (χ4v) is 2.05. The van der Waals surface area contributed by atoms with Gasteiger partial charge in [-0.25, -0.2) is 4.79 Å². The average Bonchev–Trinajstić information content (AvgIpc) is 2.54. The van der Waals surface area contributed by atoms with Crippen LogP contribution in [0.5, 0.6) is 0 Å². The Morgan fingerprint density at radius 2 is 2.12 bits per heavy atom. The maximum Gasteiger partial charge on any atom is 0.410 e. The number of nitrogens with two attached hydrogens (primary N) is 1. The minimum Gasteiger partial charge on any atom is -0.444 e. The van der Waals surface area contributed by atoms with E-state index in [9.17, 15) is 4.79 Å². The van der Waals surface area contributed by atoms with Gasteiger partial charge >= 0.3 is 6.09 Å². The Balaban J connectivity index is 2.77. The van der Waals surface area contributed by atoms with Crippen LogP contribution in [0, 0.1) is 0 Å². The highest BCUT2D eigenvalue weighted by molar-refractivity contribution is 5.69. The standard InChI is InChI=1S/C12H24N2O3/c1-11(2,3)17-10(15)14-7-9(16-5)6-12(14,4)8-13/h9H,6-8,13H2,1-5H3/t9-,12-/m0/s1. The van der Waals surface area contributed by atoms with Crippen LogP contribution in [0.4, 0.5) is 4.79 Å². The van der Waals surface area contributed by atoms with E-state index in [-0.39, 0.29) is 17.7 Å².